The third kappa shape index (κ3) is 5.03. The van der Waals surface area contributed by atoms with Gasteiger partial charge >= 0.3 is 5.97 Å². The summed E-state index contributed by atoms with van der Waals surface area (Å²) >= 11 is 0. The van der Waals surface area contributed by atoms with E-state index in [-0.39, 0.29) is 36.3 Å². The van der Waals surface area contributed by atoms with Crippen LogP contribution in [0.3, 0.4) is 0 Å². The average molecular weight is 336 g/mol. The molecular weight excluding hydrogens is 311 g/mol. The zero-order valence-corrected chi connectivity index (χ0v) is 14.2. The summed E-state index contributed by atoms with van der Waals surface area (Å²) in [5.41, 5.74) is 0.815. The van der Waals surface area contributed by atoms with Crippen LogP contribution in [-0.2, 0) is 9.59 Å². The number of benzene rings is 1. The number of amides is 1. The maximum Gasteiger partial charge on any atom is 0.317 e. The topological polar surface area (TPSA) is 69.6 Å². The van der Waals surface area contributed by atoms with Gasteiger partial charge in [0.25, 0.3) is 0 Å². The lowest BCUT2D eigenvalue weighted by molar-refractivity contribution is -0.139. The molecular formula is C18H25FN2O3. The summed E-state index contributed by atoms with van der Waals surface area (Å²) in [7, 11) is 0. The van der Waals surface area contributed by atoms with E-state index in [0.717, 1.165) is 18.4 Å². The summed E-state index contributed by atoms with van der Waals surface area (Å²) in [6, 6.07) is 6.65. The molecule has 0 radical (unpaired) electrons. The standard InChI is InChI=1S/C18H25FN2O3/c1-3-21(11-18(23)24)16-9-15(10-16)20-17(22)7-12(2)13-5-4-6-14(19)8-13/h4-6,8,12,15-16H,3,7,9-11H2,1-2H3,(H,20,22)(H,23,24). The van der Waals surface area contributed by atoms with E-state index in [1.807, 2.05) is 24.8 Å². The number of rotatable bonds is 8. The van der Waals surface area contributed by atoms with Crippen LogP contribution >= 0.6 is 0 Å². The van der Waals surface area contributed by atoms with Crippen LogP contribution < -0.4 is 5.32 Å². The monoisotopic (exact) mass is 336 g/mol. The Labute approximate surface area is 141 Å². The molecule has 1 aromatic rings. The van der Waals surface area contributed by atoms with Gasteiger partial charge in [-0.1, -0.05) is 26.0 Å². The molecule has 1 unspecified atom stereocenters. The van der Waals surface area contributed by atoms with E-state index < -0.39 is 5.97 Å². The van der Waals surface area contributed by atoms with Crippen molar-refractivity contribution in [1.29, 1.82) is 0 Å². The van der Waals surface area contributed by atoms with Crippen molar-refractivity contribution >= 4 is 11.9 Å². The van der Waals surface area contributed by atoms with Crippen LogP contribution in [0.2, 0.25) is 0 Å². The Morgan fingerprint density at radius 2 is 2.12 bits per heavy atom. The van der Waals surface area contributed by atoms with Gasteiger partial charge in [-0.15, -0.1) is 0 Å². The van der Waals surface area contributed by atoms with E-state index in [1.165, 1.54) is 12.1 Å². The lowest BCUT2D eigenvalue weighted by Gasteiger charge is -2.42. The van der Waals surface area contributed by atoms with Gasteiger partial charge in [0.1, 0.15) is 5.82 Å². The van der Waals surface area contributed by atoms with Crippen molar-refractivity contribution in [3.05, 3.63) is 35.6 Å². The molecule has 1 fully saturated rings. The molecule has 1 aliphatic carbocycles. The fourth-order valence-corrected chi connectivity index (χ4v) is 3.17. The maximum atomic E-state index is 13.2. The van der Waals surface area contributed by atoms with E-state index in [0.29, 0.717) is 13.0 Å². The molecule has 2 rings (SSSR count). The number of nitrogens with zero attached hydrogens (tertiary/aromatic N) is 1. The minimum absolute atomic E-state index is 0.0401. The average Bonchev–Trinajstić information content (AvgIpc) is 2.48. The largest absolute Gasteiger partial charge is 0.480 e. The maximum absolute atomic E-state index is 13.2. The number of hydrogen-bond acceptors (Lipinski definition) is 3. The molecule has 132 valence electrons. The lowest BCUT2D eigenvalue weighted by Crippen LogP contribution is -2.54. The van der Waals surface area contributed by atoms with Crippen molar-refractivity contribution in [2.45, 2.75) is 51.1 Å². The van der Waals surface area contributed by atoms with Gasteiger partial charge < -0.3 is 10.4 Å². The Bertz CT molecular complexity index is 587. The van der Waals surface area contributed by atoms with Crippen molar-refractivity contribution < 1.29 is 19.1 Å². The Morgan fingerprint density at radius 1 is 1.42 bits per heavy atom. The first-order valence-corrected chi connectivity index (χ1v) is 8.39. The molecule has 1 atom stereocenters. The van der Waals surface area contributed by atoms with Gasteiger partial charge in [-0.3, -0.25) is 14.5 Å². The number of hydrogen-bond donors (Lipinski definition) is 2. The summed E-state index contributed by atoms with van der Waals surface area (Å²) in [6.45, 7) is 4.58. The van der Waals surface area contributed by atoms with Gasteiger partial charge in [0.2, 0.25) is 5.91 Å². The number of carboxylic acids is 1. The van der Waals surface area contributed by atoms with Crippen LogP contribution in [0.5, 0.6) is 0 Å². The van der Waals surface area contributed by atoms with Crippen LogP contribution in [0.25, 0.3) is 0 Å². The van der Waals surface area contributed by atoms with E-state index in [1.54, 1.807) is 6.07 Å². The number of carboxylic acid groups (broad SMARTS) is 1. The fourth-order valence-electron chi connectivity index (χ4n) is 3.17. The Balaban J connectivity index is 1.75. The number of aliphatic carboxylic acids is 1. The molecule has 2 N–H and O–H groups in total. The second-order valence-electron chi connectivity index (χ2n) is 6.51. The van der Waals surface area contributed by atoms with Crippen LogP contribution in [-0.4, -0.2) is 47.1 Å². The zero-order chi connectivity index (χ0) is 17.7. The molecule has 0 aliphatic heterocycles. The first-order chi connectivity index (χ1) is 11.4. The molecule has 0 aromatic heterocycles. The van der Waals surface area contributed by atoms with Gasteiger partial charge in [0.05, 0.1) is 6.54 Å². The van der Waals surface area contributed by atoms with E-state index in [4.69, 9.17) is 5.11 Å². The van der Waals surface area contributed by atoms with Crippen LogP contribution in [0.4, 0.5) is 4.39 Å². The van der Waals surface area contributed by atoms with Crippen molar-refractivity contribution in [3.8, 4) is 0 Å². The number of likely N-dealkylation sites (N-methyl/N-ethyl adjacent to an activating group) is 1. The molecule has 1 amide bonds. The van der Waals surface area contributed by atoms with Gasteiger partial charge in [0, 0.05) is 18.5 Å². The summed E-state index contributed by atoms with van der Waals surface area (Å²) in [5.74, 6) is -1.21. The number of carbonyl (C=O) groups is 2. The second-order valence-corrected chi connectivity index (χ2v) is 6.51. The summed E-state index contributed by atoms with van der Waals surface area (Å²) in [4.78, 5) is 24.9. The third-order valence-corrected chi connectivity index (χ3v) is 4.65. The molecule has 6 heteroatoms. The highest BCUT2D eigenvalue weighted by atomic mass is 19.1. The molecule has 0 saturated heterocycles. The van der Waals surface area contributed by atoms with Gasteiger partial charge in [0.15, 0.2) is 0 Å². The number of nitrogens with one attached hydrogen (secondary N) is 1. The molecule has 1 aromatic carbocycles. The van der Waals surface area contributed by atoms with Crippen LogP contribution in [0, 0.1) is 5.82 Å². The SMILES string of the molecule is CCN(CC(=O)O)C1CC(NC(=O)CC(C)c2cccc(F)c2)C1. The number of carbonyl (C=O) groups excluding carboxylic acids is 1. The summed E-state index contributed by atoms with van der Waals surface area (Å²) < 4.78 is 13.2. The molecule has 1 aliphatic rings. The molecule has 0 spiro atoms. The smallest absolute Gasteiger partial charge is 0.317 e. The highest BCUT2D eigenvalue weighted by molar-refractivity contribution is 5.77. The van der Waals surface area contributed by atoms with Gasteiger partial charge in [-0.05, 0) is 43.0 Å². The van der Waals surface area contributed by atoms with Crippen molar-refractivity contribution in [2.24, 2.45) is 0 Å². The highest BCUT2D eigenvalue weighted by Crippen LogP contribution is 2.26. The van der Waals surface area contributed by atoms with Crippen LogP contribution in [0.1, 0.15) is 44.6 Å². The molecule has 5 nitrogen and oxygen atoms in total. The quantitative estimate of drug-likeness (QED) is 0.765. The normalized spacial score (nSPS) is 21.2. The summed E-state index contributed by atoms with van der Waals surface area (Å²) in [5, 5.41) is 11.9. The number of halogens is 1. The highest BCUT2D eigenvalue weighted by Gasteiger charge is 2.34. The molecule has 0 bridgehead atoms. The zero-order valence-electron chi connectivity index (χ0n) is 14.2. The van der Waals surface area contributed by atoms with Crippen molar-refractivity contribution in [3.63, 3.8) is 0 Å². The predicted molar refractivity (Wildman–Crippen MR) is 89.3 cm³/mol. The molecule has 24 heavy (non-hydrogen) atoms. The van der Waals surface area contributed by atoms with E-state index in [9.17, 15) is 14.0 Å². The molecule has 1 saturated carbocycles. The Kier molecular flexibility index (Phi) is 6.31. The first-order valence-electron chi connectivity index (χ1n) is 8.39. The minimum atomic E-state index is -0.826. The van der Waals surface area contributed by atoms with Gasteiger partial charge in [-0.2, -0.15) is 0 Å². The van der Waals surface area contributed by atoms with E-state index >= 15 is 0 Å². The Hall–Kier alpha value is -1.95. The lowest BCUT2D eigenvalue weighted by atomic mass is 9.85. The fraction of sp³-hybridized carbons (Fsp3) is 0.556. The van der Waals surface area contributed by atoms with Crippen LogP contribution in [0.15, 0.2) is 24.3 Å². The Morgan fingerprint density at radius 3 is 2.71 bits per heavy atom. The predicted octanol–water partition coefficient (Wildman–Crippen LogP) is 2.37. The van der Waals surface area contributed by atoms with Gasteiger partial charge in [-0.25, -0.2) is 4.39 Å². The van der Waals surface area contributed by atoms with E-state index in [2.05, 4.69) is 5.32 Å². The second kappa shape index (κ2) is 8.24. The van der Waals surface area contributed by atoms with Crippen molar-refractivity contribution in [2.75, 3.05) is 13.1 Å². The molecule has 0 heterocycles. The third-order valence-electron chi connectivity index (χ3n) is 4.65. The summed E-state index contributed by atoms with van der Waals surface area (Å²) in [6.07, 6.45) is 1.87. The minimum Gasteiger partial charge on any atom is -0.480 e. The van der Waals surface area contributed by atoms with Crippen molar-refractivity contribution in [1.82, 2.24) is 10.2 Å². The first kappa shape index (κ1) is 18.4.